The van der Waals surface area contributed by atoms with Crippen LogP contribution >= 0.6 is 0 Å². The van der Waals surface area contributed by atoms with Crippen LogP contribution in [0.3, 0.4) is 0 Å². The summed E-state index contributed by atoms with van der Waals surface area (Å²) in [5.41, 5.74) is 4.38. The Labute approximate surface area is 143 Å². The normalized spacial score (nSPS) is 11.1. The minimum absolute atomic E-state index is 0.0643. The molecule has 4 heteroatoms. The largest absolute Gasteiger partial charge is 0.344 e. The fraction of sp³-hybridized carbons (Fsp3) is 0.350. The molecule has 0 bridgehead atoms. The number of hydrogen-bond donors (Lipinski definition) is 1. The predicted molar refractivity (Wildman–Crippen MR) is 99.2 cm³/mol. The Kier molecular flexibility index (Phi) is 5.17. The van der Waals surface area contributed by atoms with Crippen molar-refractivity contribution < 1.29 is 4.79 Å². The van der Waals surface area contributed by atoms with E-state index in [0.29, 0.717) is 16.7 Å². The summed E-state index contributed by atoms with van der Waals surface area (Å²) in [5.74, 6) is 0.0643. The van der Waals surface area contributed by atoms with Crippen LogP contribution in [0, 0.1) is 12.3 Å². The van der Waals surface area contributed by atoms with Gasteiger partial charge in [-0.1, -0.05) is 58.4 Å². The summed E-state index contributed by atoms with van der Waals surface area (Å²) in [6.45, 7) is 11.8. The van der Waals surface area contributed by atoms with Crippen LogP contribution in [0.1, 0.15) is 50.5 Å². The highest BCUT2D eigenvalue weighted by Crippen LogP contribution is 2.27. The second-order valence-corrected chi connectivity index (χ2v) is 6.60. The van der Waals surface area contributed by atoms with Crippen molar-refractivity contribution in [2.45, 2.75) is 41.5 Å². The molecule has 0 unspecified atom stereocenters. The number of fused-ring (bicyclic) bond motifs is 1. The second kappa shape index (κ2) is 6.95. The van der Waals surface area contributed by atoms with Crippen LogP contribution in [-0.2, 0) is 0 Å². The first-order chi connectivity index (χ1) is 11.4. The highest BCUT2D eigenvalue weighted by Gasteiger charge is 2.26. The van der Waals surface area contributed by atoms with E-state index in [1.54, 1.807) is 12.4 Å². The molecule has 0 saturated heterocycles. The summed E-state index contributed by atoms with van der Waals surface area (Å²) in [5, 5.41) is 0. The van der Waals surface area contributed by atoms with Gasteiger partial charge in [-0.15, -0.1) is 0 Å². The predicted octanol–water partition coefficient (Wildman–Crippen LogP) is 5.19. The molecule has 126 valence electrons. The maximum atomic E-state index is 12.6. The molecule has 2 heterocycles. The summed E-state index contributed by atoms with van der Waals surface area (Å²) in [4.78, 5) is 24.7. The van der Waals surface area contributed by atoms with Gasteiger partial charge < -0.3 is 4.98 Å². The molecule has 0 radical (unpaired) electrons. The summed E-state index contributed by atoms with van der Waals surface area (Å²) in [6.07, 6.45) is 3.44. The zero-order valence-corrected chi connectivity index (χ0v) is 15.3. The maximum Gasteiger partial charge on any atom is 0.171 e. The number of carbonyl (C=O) groups excluding carboxylic acids is 1. The Morgan fingerprint density at radius 3 is 2.50 bits per heavy atom. The standard InChI is InChI=1S/C18H19N3O.C2H6/c1-11-6-5-7-12(8-11)14-10-20-17-15(21-14)13(9-19-17)16(22)18(2,3)4;1-2/h5-10H,1-4H3,(H,19,20);1-2H3. The number of nitrogens with one attached hydrogen (secondary N) is 1. The van der Waals surface area contributed by atoms with Gasteiger partial charge in [-0.2, -0.15) is 0 Å². The molecule has 0 atom stereocenters. The molecule has 0 spiro atoms. The van der Waals surface area contributed by atoms with Crippen molar-refractivity contribution in [2.24, 2.45) is 5.41 Å². The smallest absolute Gasteiger partial charge is 0.171 e. The van der Waals surface area contributed by atoms with E-state index in [2.05, 4.69) is 21.0 Å². The first kappa shape index (κ1) is 17.9. The third-order valence-electron chi connectivity index (χ3n) is 3.62. The lowest BCUT2D eigenvalue weighted by molar-refractivity contribution is 0.0860. The molecule has 1 aromatic carbocycles. The number of ketones is 1. The fourth-order valence-electron chi connectivity index (χ4n) is 2.41. The highest BCUT2D eigenvalue weighted by atomic mass is 16.1. The monoisotopic (exact) mass is 323 g/mol. The molecule has 3 aromatic rings. The number of hydrogen-bond acceptors (Lipinski definition) is 3. The summed E-state index contributed by atoms with van der Waals surface area (Å²) in [7, 11) is 0. The Morgan fingerprint density at radius 2 is 1.88 bits per heavy atom. The number of aromatic amines is 1. The van der Waals surface area contributed by atoms with Crippen molar-refractivity contribution in [3.8, 4) is 11.3 Å². The fourth-order valence-corrected chi connectivity index (χ4v) is 2.41. The van der Waals surface area contributed by atoms with Crippen molar-refractivity contribution >= 4 is 16.9 Å². The first-order valence-electron chi connectivity index (χ1n) is 8.32. The van der Waals surface area contributed by atoms with Crippen LogP contribution in [-0.4, -0.2) is 20.7 Å². The topological polar surface area (TPSA) is 58.6 Å². The van der Waals surface area contributed by atoms with Crippen LogP contribution in [0.5, 0.6) is 0 Å². The van der Waals surface area contributed by atoms with Gasteiger partial charge >= 0.3 is 0 Å². The molecule has 0 amide bonds. The van der Waals surface area contributed by atoms with Gasteiger partial charge in [-0.05, 0) is 13.0 Å². The number of carbonyl (C=O) groups is 1. The number of Topliss-reactive ketones (excluding diaryl/α,β-unsaturated/α-hetero) is 1. The zero-order valence-electron chi connectivity index (χ0n) is 15.3. The lowest BCUT2D eigenvalue weighted by atomic mass is 9.87. The molecular formula is C20H25N3O. The summed E-state index contributed by atoms with van der Waals surface area (Å²) >= 11 is 0. The molecular weight excluding hydrogens is 298 g/mol. The minimum Gasteiger partial charge on any atom is -0.344 e. The quantitative estimate of drug-likeness (QED) is 0.660. The van der Waals surface area contributed by atoms with E-state index in [1.807, 2.05) is 59.7 Å². The molecule has 0 saturated carbocycles. The summed E-state index contributed by atoms with van der Waals surface area (Å²) < 4.78 is 0. The van der Waals surface area contributed by atoms with Gasteiger partial charge in [-0.3, -0.25) is 4.79 Å². The van der Waals surface area contributed by atoms with Crippen molar-refractivity contribution in [2.75, 3.05) is 0 Å². The molecule has 4 nitrogen and oxygen atoms in total. The number of rotatable bonds is 2. The number of nitrogens with zero attached hydrogens (tertiary/aromatic N) is 2. The average Bonchev–Trinajstić information content (AvgIpc) is 2.98. The van der Waals surface area contributed by atoms with E-state index in [-0.39, 0.29) is 5.78 Å². The first-order valence-corrected chi connectivity index (χ1v) is 8.32. The minimum atomic E-state index is -0.448. The van der Waals surface area contributed by atoms with Gasteiger partial charge in [0.1, 0.15) is 5.52 Å². The Balaban J connectivity index is 0.00000100. The highest BCUT2D eigenvalue weighted by molar-refractivity contribution is 6.08. The lowest BCUT2D eigenvalue weighted by Crippen LogP contribution is -2.20. The molecule has 0 aliphatic carbocycles. The van der Waals surface area contributed by atoms with Gasteiger partial charge in [0.2, 0.25) is 0 Å². The molecule has 1 N–H and O–H groups in total. The van der Waals surface area contributed by atoms with Crippen LogP contribution in [0.4, 0.5) is 0 Å². The van der Waals surface area contributed by atoms with Gasteiger partial charge in [0.25, 0.3) is 0 Å². The number of H-pyrrole nitrogens is 1. The molecule has 2 aromatic heterocycles. The number of aromatic nitrogens is 3. The number of aryl methyl sites for hydroxylation is 1. The molecule has 24 heavy (non-hydrogen) atoms. The van der Waals surface area contributed by atoms with Crippen LogP contribution in [0.15, 0.2) is 36.7 Å². The van der Waals surface area contributed by atoms with E-state index < -0.39 is 5.41 Å². The van der Waals surface area contributed by atoms with Crippen LogP contribution in [0.25, 0.3) is 22.4 Å². The second-order valence-electron chi connectivity index (χ2n) is 6.60. The molecule has 3 rings (SSSR count). The SMILES string of the molecule is CC.Cc1cccc(-c2cnc3[nH]cc(C(=O)C(C)(C)C)c3n2)c1. The zero-order chi connectivity index (χ0) is 17.9. The maximum absolute atomic E-state index is 12.6. The summed E-state index contributed by atoms with van der Waals surface area (Å²) in [6, 6.07) is 8.10. The third kappa shape index (κ3) is 3.53. The van der Waals surface area contributed by atoms with Gasteiger partial charge in [0.15, 0.2) is 11.4 Å². The van der Waals surface area contributed by atoms with Gasteiger partial charge in [0.05, 0.1) is 17.5 Å². The molecule has 0 aliphatic rings. The van der Waals surface area contributed by atoms with Crippen molar-refractivity contribution in [3.63, 3.8) is 0 Å². The third-order valence-corrected chi connectivity index (χ3v) is 3.62. The Hall–Kier alpha value is -2.49. The van der Waals surface area contributed by atoms with Gasteiger partial charge in [-0.25, -0.2) is 9.97 Å². The van der Waals surface area contributed by atoms with Crippen molar-refractivity contribution in [3.05, 3.63) is 47.8 Å². The van der Waals surface area contributed by atoms with Crippen molar-refractivity contribution in [1.82, 2.24) is 15.0 Å². The van der Waals surface area contributed by atoms with Gasteiger partial charge in [0, 0.05) is 17.2 Å². The van der Waals surface area contributed by atoms with Crippen LogP contribution < -0.4 is 0 Å². The van der Waals surface area contributed by atoms with E-state index in [0.717, 1.165) is 11.3 Å². The Morgan fingerprint density at radius 1 is 1.17 bits per heavy atom. The van der Waals surface area contributed by atoms with E-state index >= 15 is 0 Å². The molecule has 0 aliphatic heterocycles. The lowest BCUT2D eigenvalue weighted by Gasteiger charge is -2.15. The average molecular weight is 323 g/mol. The van der Waals surface area contributed by atoms with E-state index in [4.69, 9.17) is 0 Å². The van der Waals surface area contributed by atoms with E-state index in [1.165, 1.54) is 5.56 Å². The van der Waals surface area contributed by atoms with Crippen LogP contribution in [0.2, 0.25) is 0 Å². The van der Waals surface area contributed by atoms with E-state index in [9.17, 15) is 4.79 Å². The molecule has 0 fully saturated rings. The Bertz CT molecular complexity index is 857. The van der Waals surface area contributed by atoms with Crippen molar-refractivity contribution in [1.29, 1.82) is 0 Å². The number of benzene rings is 1.